The number of nitrogens with one attached hydrogen (secondary N) is 4. The first-order chi connectivity index (χ1) is 16.1. The number of carbonyl (C=O) groups is 5. The third-order valence-corrected chi connectivity index (χ3v) is 4.75. The molecule has 0 aliphatic carbocycles. The van der Waals surface area contributed by atoms with Crippen LogP contribution < -0.4 is 33.2 Å². The van der Waals surface area contributed by atoms with Crippen LogP contribution in [-0.2, 0) is 30.4 Å². The van der Waals surface area contributed by atoms with Gasteiger partial charge in [-0.25, -0.2) is 9.78 Å². The minimum Gasteiger partial charge on any atom is -0.480 e. The van der Waals surface area contributed by atoms with E-state index in [9.17, 15) is 34.2 Å². The van der Waals surface area contributed by atoms with Crippen LogP contribution in [0.1, 0.15) is 31.4 Å². The summed E-state index contributed by atoms with van der Waals surface area (Å²) in [5.41, 5.74) is 16.9. The molecule has 12 N–H and O–H groups in total. The van der Waals surface area contributed by atoms with E-state index in [1.165, 1.54) is 12.5 Å². The van der Waals surface area contributed by atoms with Gasteiger partial charge in [0.15, 0.2) is 0 Å². The lowest BCUT2D eigenvalue weighted by Gasteiger charge is -2.24. The van der Waals surface area contributed by atoms with Crippen molar-refractivity contribution in [1.82, 2.24) is 25.9 Å². The number of hydrogen-bond donors (Lipinski definition) is 9. The van der Waals surface area contributed by atoms with Crippen LogP contribution in [0, 0.1) is 0 Å². The van der Waals surface area contributed by atoms with Gasteiger partial charge in [0.05, 0.1) is 25.4 Å². The Hall–Kier alpha value is -3.56. The molecule has 34 heavy (non-hydrogen) atoms. The summed E-state index contributed by atoms with van der Waals surface area (Å²) < 4.78 is 0. The first-order valence-corrected chi connectivity index (χ1v) is 10.5. The molecule has 1 heterocycles. The van der Waals surface area contributed by atoms with Crippen molar-refractivity contribution < 1.29 is 34.2 Å². The molecule has 0 aliphatic heterocycles. The van der Waals surface area contributed by atoms with E-state index >= 15 is 0 Å². The zero-order chi connectivity index (χ0) is 25.7. The lowest BCUT2D eigenvalue weighted by Crippen LogP contribution is -2.58. The predicted molar refractivity (Wildman–Crippen MR) is 117 cm³/mol. The fourth-order valence-corrected chi connectivity index (χ4v) is 2.91. The molecule has 0 fully saturated rings. The highest BCUT2D eigenvalue weighted by molar-refractivity contribution is 5.94. The smallest absolute Gasteiger partial charge is 0.326 e. The highest BCUT2D eigenvalue weighted by Gasteiger charge is 2.30. The summed E-state index contributed by atoms with van der Waals surface area (Å²) in [5.74, 6) is -4.91. The number of primary amides is 1. The molecule has 15 heteroatoms. The summed E-state index contributed by atoms with van der Waals surface area (Å²) in [6, 6.07) is -5.28. The molecule has 0 aromatic carbocycles. The number of aromatic amines is 1. The summed E-state index contributed by atoms with van der Waals surface area (Å²) in [5, 5.41) is 25.6. The van der Waals surface area contributed by atoms with Gasteiger partial charge in [-0.2, -0.15) is 0 Å². The van der Waals surface area contributed by atoms with Crippen molar-refractivity contribution in [3.63, 3.8) is 0 Å². The maximum Gasteiger partial charge on any atom is 0.326 e. The topological polar surface area (TPSA) is 269 Å². The summed E-state index contributed by atoms with van der Waals surface area (Å²) in [6.45, 7) is -0.462. The molecule has 0 saturated carbocycles. The molecule has 1 aromatic heterocycles. The van der Waals surface area contributed by atoms with Crippen molar-refractivity contribution in [3.05, 3.63) is 18.2 Å². The largest absolute Gasteiger partial charge is 0.480 e. The Labute approximate surface area is 195 Å². The number of nitrogens with two attached hydrogens (primary N) is 3. The van der Waals surface area contributed by atoms with Gasteiger partial charge in [-0.1, -0.05) is 0 Å². The van der Waals surface area contributed by atoms with E-state index < -0.39 is 66.8 Å². The Bertz CT molecular complexity index is 833. The third-order valence-electron chi connectivity index (χ3n) is 4.75. The third kappa shape index (κ3) is 9.93. The number of aromatic nitrogens is 2. The number of amides is 4. The van der Waals surface area contributed by atoms with E-state index in [1.807, 2.05) is 0 Å². The number of hydrogen-bond acceptors (Lipinski definition) is 9. The number of unbranched alkanes of at least 4 members (excludes halogenated alkanes) is 1. The van der Waals surface area contributed by atoms with Gasteiger partial charge in [0.1, 0.15) is 18.1 Å². The number of nitrogens with zero attached hydrogens (tertiary/aromatic N) is 1. The average Bonchev–Trinajstić information content (AvgIpc) is 3.28. The van der Waals surface area contributed by atoms with E-state index in [0.717, 1.165) is 0 Å². The number of H-pyrrole nitrogens is 1. The monoisotopic (exact) mass is 484 g/mol. The van der Waals surface area contributed by atoms with Crippen molar-refractivity contribution in [2.45, 2.75) is 56.3 Å². The van der Waals surface area contributed by atoms with Crippen LogP contribution in [0.3, 0.4) is 0 Å². The Morgan fingerprint density at radius 3 is 2.15 bits per heavy atom. The lowest BCUT2D eigenvalue weighted by atomic mass is 10.1. The molecule has 190 valence electrons. The molecule has 1 rings (SSSR count). The highest BCUT2D eigenvalue weighted by atomic mass is 16.4. The second kappa shape index (κ2) is 14.6. The minimum absolute atomic E-state index is 0.0864. The fraction of sp³-hybridized carbons (Fsp3) is 0.579. The van der Waals surface area contributed by atoms with Gasteiger partial charge in [0, 0.05) is 18.3 Å². The number of rotatable bonds is 16. The molecule has 0 bridgehead atoms. The molecule has 0 radical (unpaired) electrons. The number of carbonyl (C=O) groups excluding carboxylic acids is 4. The minimum atomic E-state index is -1.59. The molecule has 15 nitrogen and oxygen atoms in total. The summed E-state index contributed by atoms with van der Waals surface area (Å²) in [6.07, 6.45) is 3.37. The Kier molecular flexibility index (Phi) is 12.2. The summed E-state index contributed by atoms with van der Waals surface area (Å²) >= 11 is 0. The molecule has 0 aliphatic rings. The summed E-state index contributed by atoms with van der Waals surface area (Å²) in [4.78, 5) is 66.6. The summed E-state index contributed by atoms with van der Waals surface area (Å²) in [7, 11) is 0. The second-order valence-corrected chi connectivity index (χ2v) is 7.55. The van der Waals surface area contributed by atoms with Crippen LogP contribution >= 0.6 is 0 Å². The van der Waals surface area contributed by atoms with Crippen LogP contribution in [0.15, 0.2) is 12.5 Å². The molecular formula is C19H32N8O7. The standard InChI is InChI=1S/C19H32N8O7/c20-4-2-1-3-12(17(31)26-13(19(33)34)6-15(22)29)25-18(32)14(8-28)27-16(30)11(21)5-10-7-23-9-24-10/h7,9,11-14,28H,1-6,8,20-21H2,(H2,22,29)(H,23,24)(H,25,32)(H,26,31)(H,27,30)(H,33,34). The van der Waals surface area contributed by atoms with E-state index in [1.54, 1.807) is 0 Å². The number of aliphatic hydroxyl groups is 1. The van der Waals surface area contributed by atoms with Crippen LogP contribution in [0.2, 0.25) is 0 Å². The number of imidazole rings is 1. The van der Waals surface area contributed by atoms with Gasteiger partial charge in [-0.3, -0.25) is 19.2 Å². The molecular weight excluding hydrogens is 452 g/mol. The van der Waals surface area contributed by atoms with E-state index in [4.69, 9.17) is 17.2 Å². The van der Waals surface area contributed by atoms with Crippen LogP contribution in [0.5, 0.6) is 0 Å². The van der Waals surface area contributed by atoms with Crippen molar-refractivity contribution in [1.29, 1.82) is 0 Å². The zero-order valence-electron chi connectivity index (χ0n) is 18.5. The highest BCUT2D eigenvalue weighted by Crippen LogP contribution is 2.04. The lowest BCUT2D eigenvalue weighted by molar-refractivity contribution is -0.143. The van der Waals surface area contributed by atoms with Crippen molar-refractivity contribution in [2.24, 2.45) is 17.2 Å². The van der Waals surface area contributed by atoms with Crippen molar-refractivity contribution in [2.75, 3.05) is 13.2 Å². The Balaban J connectivity index is 2.83. The second-order valence-electron chi connectivity index (χ2n) is 7.55. The quantitative estimate of drug-likeness (QED) is 0.102. The molecule has 0 saturated heterocycles. The number of aliphatic carboxylic acids is 1. The molecule has 4 amide bonds. The number of carboxylic acid groups (broad SMARTS) is 1. The maximum absolute atomic E-state index is 12.7. The van der Waals surface area contributed by atoms with Gasteiger partial charge < -0.3 is 48.3 Å². The van der Waals surface area contributed by atoms with Crippen LogP contribution in [-0.4, -0.2) is 87.1 Å². The van der Waals surface area contributed by atoms with Gasteiger partial charge in [-0.05, 0) is 25.8 Å². The molecule has 4 unspecified atom stereocenters. The fourth-order valence-electron chi connectivity index (χ4n) is 2.91. The van der Waals surface area contributed by atoms with Gasteiger partial charge in [0.2, 0.25) is 23.6 Å². The molecule has 1 aromatic rings. The normalized spacial score (nSPS) is 14.3. The average molecular weight is 485 g/mol. The van der Waals surface area contributed by atoms with E-state index in [2.05, 4.69) is 25.9 Å². The first-order valence-electron chi connectivity index (χ1n) is 10.5. The first kappa shape index (κ1) is 28.5. The predicted octanol–water partition coefficient (Wildman–Crippen LogP) is -4.18. The SMILES string of the molecule is NCCCCC(NC(=O)C(CO)NC(=O)C(N)Cc1cnc[nH]1)C(=O)NC(CC(N)=O)C(=O)O. The zero-order valence-corrected chi connectivity index (χ0v) is 18.5. The number of carboxylic acids is 1. The maximum atomic E-state index is 12.7. The van der Waals surface area contributed by atoms with Gasteiger partial charge in [-0.15, -0.1) is 0 Å². The van der Waals surface area contributed by atoms with E-state index in [-0.39, 0.29) is 12.8 Å². The van der Waals surface area contributed by atoms with Crippen LogP contribution in [0.4, 0.5) is 0 Å². The molecule has 0 spiro atoms. The molecule has 4 atom stereocenters. The Morgan fingerprint density at radius 1 is 1.00 bits per heavy atom. The number of aliphatic hydroxyl groups excluding tert-OH is 1. The van der Waals surface area contributed by atoms with E-state index in [0.29, 0.717) is 25.1 Å². The van der Waals surface area contributed by atoms with Gasteiger partial charge in [0.25, 0.3) is 0 Å². The van der Waals surface area contributed by atoms with Crippen molar-refractivity contribution in [3.8, 4) is 0 Å². The van der Waals surface area contributed by atoms with Gasteiger partial charge >= 0.3 is 5.97 Å². The Morgan fingerprint density at radius 2 is 1.62 bits per heavy atom. The van der Waals surface area contributed by atoms with Crippen molar-refractivity contribution >= 4 is 29.6 Å². The van der Waals surface area contributed by atoms with Crippen LogP contribution in [0.25, 0.3) is 0 Å².